The molecule has 1 rings (SSSR count). The molecule has 0 bridgehead atoms. The molecule has 0 spiro atoms. The van der Waals surface area contributed by atoms with Gasteiger partial charge in [-0.2, -0.15) is 0 Å². The van der Waals surface area contributed by atoms with E-state index in [1.165, 1.54) is 0 Å². The molecule has 78 valence electrons. The first-order valence-corrected chi connectivity index (χ1v) is 4.80. The van der Waals surface area contributed by atoms with Gasteiger partial charge in [-0.1, -0.05) is 12.2 Å². The molecule has 14 heavy (non-hydrogen) atoms. The molecule has 1 aliphatic heterocycles. The van der Waals surface area contributed by atoms with Crippen molar-refractivity contribution in [2.24, 2.45) is 0 Å². The van der Waals surface area contributed by atoms with Crippen molar-refractivity contribution in [2.45, 2.75) is 26.3 Å². The van der Waals surface area contributed by atoms with Crippen LogP contribution in [0.4, 0.5) is 4.79 Å². The van der Waals surface area contributed by atoms with Gasteiger partial charge < -0.3 is 4.90 Å². The number of amides is 2. The fourth-order valence-corrected chi connectivity index (χ4v) is 1.09. The fraction of sp³-hybridized carbons (Fsp3) is 0.545. The molecule has 0 saturated carbocycles. The minimum absolute atomic E-state index is 0.0399. The first kappa shape index (κ1) is 10.8. The molecule has 0 N–H and O–H groups in total. The zero-order valence-corrected chi connectivity index (χ0v) is 9.32. The van der Waals surface area contributed by atoms with Crippen molar-refractivity contribution in [3.05, 3.63) is 24.4 Å². The molecule has 0 aromatic rings. The van der Waals surface area contributed by atoms with Gasteiger partial charge in [0, 0.05) is 25.3 Å². The average molecular weight is 194 g/mol. The highest BCUT2D eigenvalue weighted by Crippen LogP contribution is 2.14. The summed E-state index contributed by atoms with van der Waals surface area (Å²) in [5.74, 6) is 0. The first-order valence-electron chi connectivity index (χ1n) is 4.80. The highest BCUT2D eigenvalue weighted by atomic mass is 16.2. The van der Waals surface area contributed by atoms with Gasteiger partial charge in [0.1, 0.15) is 0 Å². The van der Waals surface area contributed by atoms with E-state index in [4.69, 9.17) is 0 Å². The molecule has 0 radical (unpaired) electrons. The zero-order chi connectivity index (χ0) is 10.8. The second-order valence-electron chi connectivity index (χ2n) is 4.43. The van der Waals surface area contributed by atoms with E-state index < -0.39 is 0 Å². The lowest BCUT2D eigenvalue weighted by molar-refractivity contribution is 0.142. The molecule has 3 heteroatoms. The predicted octanol–water partition coefficient (Wildman–Crippen LogP) is 2.22. The lowest BCUT2D eigenvalue weighted by Gasteiger charge is -2.35. The van der Waals surface area contributed by atoms with Crippen LogP contribution in [0.5, 0.6) is 0 Å². The van der Waals surface area contributed by atoms with Crippen molar-refractivity contribution in [3.8, 4) is 0 Å². The molecular formula is C11H18N2O. The van der Waals surface area contributed by atoms with Gasteiger partial charge in [0.2, 0.25) is 0 Å². The molecule has 0 atom stereocenters. The monoisotopic (exact) mass is 194 g/mol. The molecule has 2 amide bonds. The van der Waals surface area contributed by atoms with Crippen LogP contribution in [0.3, 0.4) is 0 Å². The maximum absolute atomic E-state index is 11.9. The van der Waals surface area contributed by atoms with Gasteiger partial charge in [0.25, 0.3) is 0 Å². The van der Waals surface area contributed by atoms with Crippen molar-refractivity contribution in [1.29, 1.82) is 0 Å². The van der Waals surface area contributed by atoms with Gasteiger partial charge in [-0.05, 0) is 26.8 Å². The largest absolute Gasteiger partial charge is 0.324 e. The third-order valence-corrected chi connectivity index (χ3v) is 2.35. The third-order valence-electron chi connectivity index (χ3n) is 2.35. The maximum Gasteiger partial charge on any atom is 0.324 e. The summed E-state index contributed by atoms with van der Waals surface area (Å²) in [6, 6.07) is 0.0399. The summed E-state index contributed by atoms with van der Waals surface area (Å²) in [6.45, 7) is 6.73. The second kappa shape index (κ2) is 3.86. The Kier molecular flexibility index (Phi) is 2.99. The van der Waals surface area contributed by atoms with Crippen LogP contribution in [0.1, 0.15) is 20.8 Å². The Morgan fingerprint density at radius 3 is 2.43 bits per heavy atom. The summed E-state index contributed by atoms with van der Waals surface area (Å²) in [6.07, 6.45) is 7.59. The van der Waals surface area contributed by atoms with Gasteiger partial charge in [-0.25, -0.2) is 4.79 Å². The Morgan fingerprint density at radius 1 is 1.36 bits per heavy atom. The van der Waals surface area contributed by atoms with Crippen LogP contribution in [-0.4, -0.2) is 35.0 Å². The molecule has 0 unspecified atom stereocenters. The Hall–Kier alpha value is -1.25. The van der Waals surface area contributed by atoms with Crippen LogP contribution >= 0.6 is 0 Å². The second-order valence-corrected chi connectivity index (χ2v) is 4.43. The summed E-state index contributed by atoms with van der Waals surface area (Å²) in [4.78, 5) is 15.4. The van der Waals surface area contributed by atoms with E-state index in [-0.39, 0.29) is 11.6 Å². The molecule has 0 saturated heterocycles. The Bertz CT molecular complexity index is 274. The number of rotatable bonds is 0. The number of carbonyl (C=O) groups excluding carboxylic acids is 1. The highest BCUT2D eigenvalue weighted by Gasteiger charge is 2.25. The topological polar surface area (TPSA) is 23.6 Å². The number of carbonyl (C=O) groups is 1. The molecular weight excluding hydrogens is 176 g/mol. The van der Waals surface area contributed by atoms with Crippen molar-refractivity contribution in [2.75, 3.05) is 13.6 Å². The zero-order valence-electron chi connectivity index (χ0n) is 9.32. The predicted molar refractivity (Wildman–Crippen MR) is 57.9 cm³/mol. The number of urea groups is 1. The lowest BCUT2D eigenvalue weighted by atomic mass is 10.1. The van der Waals surface area contributed by atoms with E-state index >= 15 is 0 Å². The lowest BCUT2D eigenvalue weighted by Crippen LogP contribution is -2.48. The Balaban J connectivity index is 2.66. The molecule has 1 heterocycles. The van der Waals surface area contributed by atoms with Crippen LogP contribution in [0.15, 0.2) is 24.4 Å². The van der Waals surface area contributed by atoms with Gasteiger partial charge in [-0.3, -0.25) is 4.90 Å². The van der Waals surface area contributed by atoms with Crippen LogP contribution in [0, 0.1) is 0 Å². The minimum Gasteiger partial charge on any atom is -0.323 e. The standard InChI is InChI=1S/C11H18N2O/c1-11(2,3)12(4)10(14)13-8-6-5-7-9-13/h5-8H,9H2,1-4H3. The number of allylic oxidation sites excluding steroid dienone is 2. The fourth-order valence-electron chi connectivity index (χ4n) is 1.09. The SMILES string of the molecule is CN(C(=O)N1C=CC=CC1)C(C)(C)C. The molecule has 1 aliphatic rings. The number of nitrogens with zero attached hydrogens (tertiary/aromatic N) is 2. The molecule has 0 aromatic carbocycles. The summed E-state index contributed by atoms with van der Waals surface area (Å²) < 4.78 is 0. The molecule has 0 fully saturated rings. The quantitative estimate of drug-likeness (QED) is 0.580. The number of hydrogen-bond acceptors (Lipinski definition) is 1. The summed E-state index contributed by atoms with van der Waals surface area (Å²) in [7, 11) is 1.83. The van der Waals surface area contributed by atoms with E-state index in [0.29, 0.717) is 6.54 Å². The van der Waals surface area contributed by atoms with Gasteiger partial charge in [0.05, 0.1) is 0 Å². The van der Waals surface area contributed by atoms with E-state index in [0.717, 1.165) is 0 Å². The highest BCUT2D eigenvalue weighted by molar-refractivity contribution is 5.76. The van der Waals surface area contributed by atoms with Crippen LogP contribution in [0.2, 0.25) is 0 Å². The maximum atomic E-state index is 11.9. The van der Waals surface area contributed by atoms with Crippen molar-refractivity contribution in [1.82, 2.24) is 9.80 Å². The van der Waals surface area contributed by atoms with E-state index in [2.05, 4.69) is 0 Å². The summed E-state index contributed by atoms with van der Waals surface area (Å²) >= 11 is 0. The van der Waals surface area contributed by atoms with E-state index in [9.17, 15) is 4.79 Å². The van der Waals surface area contributed by atoms with Gasteiger partial charge in [0.15, 0.2) is 0 Å². The van der Waals surface area contributed by atoms with Crippen LogP contribution < -0.4 is 0 Å². The molecule has 0 aliphatic carbocycles. The van der Waals surface area contributed by atoms with Crippen molar-refractivity contribution >= 4 is 6.03 Å². The van der Waals surface area contributed by atoms with E-state index in [1.54, 1.807) is 9.80 Å². The summed E-state index contributed by atoms with van der Waals surface area (Å²) in [5, 5.41) is 0. The van der Waals surface area contributed by atoms with Crippen LogP contribution in [-0.2, 0) is 0 Å². The van der Waals surface area contributed by atoms with E-state index in [1.807, 2.05) is 52.2 Å². The Labute approximate surface area is 85.7 Å². The smallest absolute Gasteiger partial charge is 0.323 e. The average Bonchev–Trinajstić information content (AvgIpc) is 2.15. The van der Waals surface area contributed by atoms with Crippen LogP contribution in [0.25, 0.3) is 0 Å². The molecule has 3 nitrogen and oxygen atoms in total. The van der Waals surface area contributed by atoms with Crippen molar-refractivity contribution < 1.29 is 4.79 Å². The minimum atomic E-state index is -0.133. The third kappa shape index (κ3) is 2.37. The first-order chi connectivity index (χ1) is 6.43. The summed E-state index contributed by atoms with van der Waals surface area (Å²) in [5.41, 5.74) is -0.133. The normalized spacial score (nSPS) is 15.9. The van der Waals surface area contributed by atoms with Crippen molar-refractivity contribution in [3.63, 3.8) is 0 Å². The molecule has 0 aromatic heterocycles. The Morgan fingerprint density at radius 2 is 2.00 bits per heavy atom. The van der Waals surface area contributed by atoms with Gasteiger partial charge >= 0.3 is 6.03 Å². The number of hydrogen-bond donors (Lipinski definition) is 0. The van der Waals surface area contributed by atoms with Gasteiger partial charge in [-0.15, -0.1) is 0 Å².